The second-order valence-electron chi connectivity index (χ2n) is 5.98. The topological polar surface area (TPSA) is 100 Å². The molecule has 0 saturated carbocycles. The lowest BCUT2D eigenvalue weighted by Gasteiger charge is -2.17. The molecule has 1 aromatic heterocycles. The van der Waals surface area contributed by atoms with Gasteiger partial charge in [0.2, 0.25) is 5.75 Å². The number of nitrogens with one attached hydrogen (secondary N) is 2. The van der Waals surface area contributed by atoms with Crippen LogP contribution in [0.1, 0.15) is 0 Å². The normalized spacial score (nSPS) is 12.4. The monoisotopic (exact) mass is 417 g/mol. The van der Waals surface area contributed by atoms with E-state index >= 15 is 0 Å². The standard InChI is InChI=1S/C19H19N3O6S/c1-24-14-6-10(7-15(25-2)17(14)26-3)20-18(23)22-19-21-11-8-12-13(9-16(11)29-19)28-5-4-27-12/h6-9H,4-5H2,1-3H3,(H2,20,21,22,23). The number of nitrogens with zero attached hydrogens (tertiary/aromatic N) is 1. The van der Waals surface area contributed by atoms with Crippen molar-refractivity contribution in [2.45, 2.75) is 0 Å². The van der Waals surface area contributed by atoms with Crippen molar-refractivity contribution in [2.75, 3.05) is 45.2 Å². The largest absolute Gasteiger partial charge is 0.493 e. The fraction of sp³-hybridized carbons (Fsp3) is 0.263. The Hall–Kier alpha value is -3.40. The molecule has 1 aliphatic heterocycles. The molecule has 0 radical (unpaired) electrons. The molecule has 0 atom stereocenters. The van der Waals surface area contributed by atoms with Gasteiger partial charge in [-0.2, -0.15) is 0 Å². The third-order valence-electron chi connectivity index (χ3n) is 4.20. The van der Waals surface area contributed by atoms with E-state index in [-0.39, 0.29) is 0 Å². The van der Waals surface area contributed by atoms with Crippen molar-refractivity contribution in [3.63, 3.8) is 0 Å². The molecule has 3 aromatic rings. The minimum atomic E-state index is -0.449. The van der Waals surface area contributed by atoms with Crippen molar-refractivity contribution >= 4 is 38.4 Å². The Labute approximate surface area is 170 Å². The van der Waals surface area contributed by atoms with Gasteiger partial charge in [0, 0.05) is 24.3 Å². The number of amides is 2. The molecule has 1 aliphatic rings. The van der Waals surface area contributed by atoms with Crippen LogP contribution in [0.2, 0.25) is 0 Å². The molecular formula is C19H19N3O6S. The summed E-state index contributed by atoms with van der Waals surface area (Å²) >= 11 is 1.34. The number of methoxy groups -OCH3 is 3. The number of carbonyl (C=O) groups is 1. The molecule has 0 unspecified atom stereocenters. The maximum absolute atomic E-state index is 12.5. The summed E-state index contributed by atoms with van der Waals surface area (Å²) < 4.78 is 27.9. The van der Waals surface area contributed by atoms with Gasteiger partial charge in [0.1, 0.15) is 13.2 Å². The zero-order valence-electron chi connectivity index (χ0n) is 16.0. The summed E-state index contributed by atoms with van der Waals surface area (Å²) in [6.07, 6.45) is 0. The van der Waals surface area contributed by atoms with Gasteiger partial charge < -0.3 is 29.0 Å². The zero-order valence-corrected chi connectivity index (χ0v) is 16.8. The van der Waals surface area contributed by atoms with E-state index in [2.05, 4.69) is 15.6 Å². The number of benzene rings is 2. The highest BCUT2D eigenvalue weighted by Crippen LogP contribution is 2.40. The maximum atomic E-state index is 12.5. The SMILES string of the molecule is COc1cc(NC(=O)Nc2nc3cc4c(cc3s2)OCCO4)cc(OC)c1OC. The summed E-state index contributed by atoms with van der Waals surface area (Å²) in [5.41, 5.74) is 1.21. The number of anilines is 2. The molecule has 0 bridgehead atoms. The van der Waals surface area contributed by atoms with Crippen LogP contribution >= 0.6 is 11.3 Å². The summed E-state index contributed by atoms with van der Waals surface area (Å²) in [5, 5.41) is 5.93. The molecule has 0 saturated heterocycles. The van der Waals surface area contributed by atoms with Crippen LogP contribution in [-0.2, 0) is 0 Å². The molecule has 2 N–H and O–H groups in total. The Balaban J connectivity index is 1.52. The van der Waals surface area contributed by atoms with E-state index in [0.29, 0.717) is 52.8 Å². The molecule has 2 heterocycles. The van der Waals surface area contributed by atoms with Crippen molar-refractivity contribution < 1.29 is 28.5 Å². The van der Waals surface area contributed by atoms with E-state index in [1.807, 2.05) is 12.1 Å². The van der Waals surface area contributed by atoms with E-state index in [4.69, 9.17) is 23.7 Å². The van der Waals surface area contributed by atoms with Crippen molar-refractivity contribution in [3.05, 3.63) is 24.3 Å². The first-order valence-corrected chi connectivity index (χ1v) is 9.51. The van der Waals surface area contributed by atoms with E-state index in [0.717, 1.165) is 10.2 Å². The number of thiazole rings is 1. The average molecular weight is 417 g/mol. The molecule has 2 amide bonds. The average Bonchev–Trinajstić information content (AvgIpc) is 3.11. The molecular weight excluding hydrogens is 398 g/mol. The predicted octanol–water partition coefficient (Wildman–Crippen LogP) is 3.74. The molecule has 2 aromatic carbocycles. The third kappa shape index (κ3) is 3.79. The number of fused-ring (bicyclic) bond motifs is 2. The van der Waals surface area contributed by atoms with Gasteiger partial charge in [-0.3, -0.25) is 5.32 Å². The summed E-state index contributed by atoms with van der Waals surface area (Å²) in [7, 11) is 4.53. The second kappa shape index (κ2) is 7.92. The highest BCUT2D eigenvalue weighted by molar-refractivity contribution is 7.22. The predicted molar refractivity (Wildman–Crippen MR) is 109 cm³/mol. The fourth-order valence-corrected chi connectivity index (χ4v) is 3.80. The van der Waals surface area contributed by atoms with Gasteiger partial charge >= 0.3 is 6.03 Å². The Morgan fingerprint density at radius 1 is 0.966 bits per heavy atom. The van der Waals surface area contributed by atoms with Crippen LogP contribution in [0.4, 0.5) is 15.6 Å². The minimum absolute atomic E-state index is 0.438. The molecule has 152 valence electrons. The van der Waals surface area contributed by atoms with Crippen LogP contribution < -0.4 is 34.3 Å². The number of aromatic nitrogens is 1. The van der Waals surface area contributed by atoms with Gasteiger partial charge in [-0.1, -0.05) is 11.3 Å². The van der Waals surface area contributed by atoms with Gasteiger partial charge in [0.15, 0.2) is 28.1 Å². The lowest BCUT2D eigenvalue weighted by molar-refractivity contribution is 0.172. The Bertz CT molecular complexity index is 1000. The number of hydrogen-bond donors (Lipinski definition) is 2. The van der Waals surface area contributed by atoms with Crippen LogP contribution in [0.5, 0.6) is 28.7 Å². The highest BCUT2D eigenvalue weighted by Gasteiger charge is 2.17. The van der Waals surface area contributed by atoms with Crippen LogP contribution in [0.3, 0.4) is 0 Å². The number of rotatable bonds is 5. The number of urea groups is 1. The minimum Gasteiger partial charge on any atom is -0.493 e. The molecule has 9 nitrogen and oxygen atoms in total. The Morgan fingerprint density at radius 2 is 1.62 bits per heavy atom. The number of carbonyl (C=O) groups excluding carboxylic acids is 1. The first-order chi connectivity index (χ1) is 14.1. The van der Waals surface area contributed by atoms with Crippen molar-refractivity contribution in [1.82, 2.24) is 4.98 Å². The van der Waals surface area contributed by atoms with Gasteiger partial charge in [0.05, 0.1) is 37.2 Å². The number of hydrogen-bond acceptors (Lipinski definition) is 8. The maximum Gasteiger partial charge on any atom is 0.325 e. The first kappa shape index (κ1) is 18.9. The van der Waals surface area contributed by atoms with Crippen LogP contribution in [-0.4, -0.2) is 45.6 Å². The Morgan fingerprint density at radius 3 is 2.24 bits per heavy atom. The lowest BCUT2D eigenvalue weighted by Crippen LogP contribution is -2.19. The highest BCUT2D eigenvalue weighted by atomic mass is 32.1. The Kier molecular flexibility index (Phi) is 5.17. The van der Waals surface area contributed by atoms with Gasteiger partial charge in [0.25, 0.3) is 0 Å². The van der Waals surface area contributed by atoms with E-state index in [9.17, 15) is 4.79 Å². The lowest BCUT2D eigenvalue weighted by atomic mass is 10.2. The molecule has 0 spiro atoms. The first-order valence-electron chi connectivity index (χ1n) is 8.69. The summed E-state index contributed by atoms with van der Waals surface area (Å²) in [5.74, 6) is 2.66. The zero-order chi connectivity index (χ0) is 20.4. The van der Waals surface area contributed by atoms with Gasteiger partial charge in [-0.25, -0.2) is 9.78 Å². The third-order valence-corrected chi connectivity index (χ3v) is 5.13. The summed E-state index contributed by atoms with van der Waals surface area (Å²) in [6.45, 7) is 1.02. The fourth-order valence-electron chi connectivity index (χ4n) is 2.93. The van der Waals surface area contributed by atoms with Crippen molar-refractivity contribution in [2.24, 2.45) is 0 Å². The summed E-state index contributed by atoms with van der Waals surface area (Å²) in [4.78, 5) is 16.9. The van der Waals surface area contributed by atoms with Crippen molar-refractivity contribution in [3.8, 4) is 28.7 Å². The van der Waals surface area contributed by atoms with Crippen LogP contribution in [0.15, 0.2) is 24.3 Å². The summed E-state index contributed by atoms with van der Waals surface area (Å²) in [6, 6.07) is 6.51. The smallest absolute Gasteiger partial charge is 0.325 e. The second-order valence-corrected chi connectivity index (χ2v) is 7.01. The molecule has 29 heavy (non-hydrogen) atoms. The van der Waals surface area contributed by atoms with Gasteiger partial charge in [-0.05, 0) is 0 Å². The van der Waals surface area contributed by atoms with Gasteiger partial charge in [-0.15, -0.1) is 0 Å². The molecule has 0 fully saturated rings. The molecule has 4 rings (SSSR count). The van der Waals surface area contributed by atoms with E-state index in [1.54, 1.807) is 12.1 Å². The quantitative estimate of drug-likeness (QED) is 0.652. The molecule has 0 aliphatic carbocycles. The van der Waals surface area contributed by atoms with E-state index in [1.165, 1.54) is 32.7 Å². The molecule has 10 heteroatoms. The van der Waals surface area contributed by atoms with Crippen molar-refractivity contribution in [1.29, 1.82) is 0 Å². The van der Waals surface area contributed by atoms with Crippen LogP contribution in [0, 0.1) is 0 Å². The van der Waals surface area contributed by atoms with Crippen LogP contribution in [0.25, 0.3) is 10.2 Å². The van der Waals surface area contributed by atoms with E-state index < -0.39 is 6.03 Å². The number of ether oxygens (including phenoxy) is 5.